The van der Waals surface area contributed by atoms with Crippen LogP contribution in [-0.2, 0) is 6.42 Å². The number of allylic oxidation sites excluding steroid dienone is 1. The van der Waals surface area contributed by atoms with Crippen molar-refractivity contribution in [2.24, 2.45) is 23.2 Å². The van der Waals surface area contributed by atoms with E-state index in [4.69, 9.17) is 16.0 Å². The predicted molar refractivity (Wildman–Crippen MR) is 146 cm³/mol. The number of fused-ring (bicyclic) bond motifs is 5. The van der Waals surface area contributed by atoms with E-state index in [0.717, 1.165) is 30.9 Å². The van der Waals surface area contributed by atoms with Crippen LogP contribution in [0.25, 0.3) is 0 Å². The molecule has 1 unspecified atom stereocenters. The van der Waals surface area contributed by atoms with E-state index >= 15 is 4.39 Å². The zero-order chi connectivity index (χ0) is 24.9. The maximum Gasteiger partial charge on any atom is 0.250 e. The van der Waals surface area contributed by atoms with Crippen LogP contribution in [0.15, 0.2) is 30.4 Å². The smallest absolute Gasteiger partial charge is 0.250 e. The Morgan fingerprint density at radius 1 is 1.21 bits per heavy atom. The zero-order valence-corrected chi connectivity index (χ0v) is 24.1. The summed E-state index contributed by atoms with van der Waals surface area (Å²) in [5, 5.41) is 0.154. The molecule has 4 rings (SSSR count). The molecule has 1 aromatic rings. The summed E-state index contributed by atoms with van der Waals surface area (Å²) in [4.78, 5) is 0. The van der Waals surface area contributed by atoms with Gasteiger partial charge >= 0.3 is 0 Å². The van der Waals surface area contributed by atoms with Gasteiger partial charge in [-0.05, 0) is 103 Å². The van der Waals surface area contributed by atoms with E-state index in [0.29, 0.717) is 24.2 Å². The predicted octanol–water partition coefficient (Wildman–Crippen LogP) is 9.46. The maximum absolute atomic E-state index is 16.1. The highest BCUT2D eigenvalue weighted by atomic mass is 35.5. The molecule has 1 aromatic carbocycles. The Hall–Kier alpha value is -0.803. The van der Waals surface area contributed by atoms with Crippen molar-refractivity contribution in [3.05, 3.63) is 41.5 Å². The largest absolute Gasteiger partial charge is 0.543 e. The second kappa shape index (κ2) is 9.58. The van der Waals surface area contributed by atoms with E-state index in [1.165, 1.54) is 42.4 Å². The third-order valence-corrected chi connectivity index (χ3v) is 14.8. The van der Waals surface area contributed by atoms with Crippen LogP contribution in [0, 0.1) is 23.2 Å². The third-order valence-electron chi connectivity index (χ3n) is 10.2. The van der Waals surface area contributed by atoms with Gasteiger partial charge in [-0.2, -0.15) is 0 Å². The van der Waals surface area contributed by atoms with Crippen molar-refractivity contribution in [1.29, 1.82) is 0 Å². The minimum absolute atomic E-state index is 0.0210. The van der Waals surface area contributed by atoms with Gasteiger partial charge in [0.15, 0.2) is 0 Å². The molecular weight excluding hydrogens is 459 g/mol. The van der Waals surface area contributed by atoms with Gasteiger partial charge in [-0.3, -0.25) is 0 Å². The fourth-order valence-electron chi connectivity index (χ4n) is 7.14. The molecule has 2 fully saturated rings. The van der Waals surface area contributed by atoms with Crippen LogP contribution in [0.3, 0.4) is 0 Å². The Morgan fingerprint density at radius 2 is 1.94 bits per heavy atom. The van der Waals surface area contributed by atoms with E-state index in [9.17, 15) is 0 Å². The van der Waals surface area contributed by atoms with Gasteiger partial charge in [0.2, 0.25) is 8.32 Å². The number of benzene rings is 1. The molecule has 2 saturated carbocycles. The minimum atomic E-state index is -1.92. The fourth-order valence-corrected chi connectivity index (χ4v) is 8.35. The van der Waals surface area contributed by atoms with E-state index in [1.807, 2.05) is 0 Å². The normalized spacial score (nSPS) is 33.3. The van der Waals surface area contributed by atoms with Crippen LogP contribution in [0.5, 0.6) is 5.75 Å². The van der Waals surface area contributed by atoms with Gasteiger partial charge in [0.05, 0.1) is 0 Å². The maximum atomic E-state index is 16.1. The van der Waals surface area contributed by atoms with Crippen LogP contribution in [0.1, 0.15) is 89.7 Å². The summed E-state index contributed by atoms with van der Waals surface area (Å²) in [5.41, 5.74) is 3.86. The summed E-state index contributed by atoms with van der Waals surface area (Å²) in [7, 11) is -1.92. The van der Waals surface area contributed by atoms with Crippen LogP contribution >= 0.6 is 11.6 Å². The molecule has 1 nitrogen and oxygen atoms in total. The van der Waals surface area contributed by atoms with Crippen molar-refractivity contribution in [3.63, 3.8) is 0 Å². The SMILES string of the molecule is C=C1CC[C@H]2[C@@H]3[C@H](CCCCCCl)Cc4cc(O[Si](C)(C)C(C)(C)C)ccc4[C@H]3C(F)C[C@]12C. The van der Waals surface area contributed by atoms with E-state index in [-0.39, 0.29) is 16.4 Å². The molecular formula is C30H46ClFOSi. The summed E-state index contributed by atoms with van der Waals surface area (Å²) in [6.45, 7) is 18.2. The first-order valence-electron chi connectivity index (χ1n) is 13.6. The van der Waals surface area contributed by atoms with Crippen LogP contribution in [-0.4, -0.2) is 20.4 Å². The number of alkyl halides is 2. The molecule has 3 aliphatic carbocycles. The molecule has 0 amide bonds. The third kappa shape index (κ3) is 4.65. The first-order valence-corrected chi connectivity index (χ1v) is 17.0. The quantitative estimate of drug-likeness (QED) is 0.155. The van der Waals surface area contributed by atoms with Crippen LogP contribution in [0.4, 0.5) is 4.39 Å². The lowest BCUT2D eigenvalue weighted by Crippen LogP contribution is -2.49. The highest BCUT2D eigenvalue weighted by Crippen LogP contribution is 2.64. The Kier molecular flexibility index (Phi) is 7.40. The summed E-state index contributed by atoms with van der Waals surface area (Å²) in [5.74, 6) is 3.25. The highest BCUT2D eigenvalue weighted by Gasteiger charge is 2.58. The molecule has 0 spiro atoms. The van der Waals surface area contributed by atoms with Crippen molar-refractivity contribution in [2.75, 3.05) is 5.88 Å². The Bertz CT molecular complexity index is 906. The van der Waals surface area contributed by atoms with Crippen molar-refractivity contribution in [3.8, 4) is 5.75 Å². The van der Waals surface area contributed by atoms with Crippen molar-refractivity contribution < 1.29 is 8.82 Å². The molecule has 3 aliphatic rings. The molecule has 34 heavy (non-hydrogen) atoms. The monoisotopic (exact) mass is 504 g/mol. The van der Waals surface area contributed by atoms with Gasteiger partial charge in [0, 0.05) is 11.8 Å². The molecule has 4 heteroatoms. The summed E-state index contributed by atoms with van der Waals surface area (Å²) >= 11 is 5.96. The van der Waals surface area contributed by atoms with Crippen molar-refractivity contribution >= 4 is 19.9 Å². The number of halogens is 2. The van der Waals surface area contributed by atoms with Gasteiger partial charge in [-0.1, -0.05) is 58.8 Å². The van der Waals surface area contributed by atoms with Gasteiger partial charge < -0.3 is 4.43 Å². The number of rotatable bonds is 7. The van der Waals surface area contributed by atoms with E-state index < -0.39 is 14.5 Å². The zero-order valence-electron chi connectivity index (χ0n) is 22.4. The lowest BCUT2D eigenvalue weighted by atomic mass is 9.51. The second-order valence-corrected chi connectivity index (χ2v) is 18.3. The summed E-state index contributed by atoms with van der Waals surface area (Å²) in [6.07, 6.45) is 7.77. The Labute approximate surface area is 214 Å². The van der Waals surface area contributed by atoms with Gasteiger partial charge in [0.1, 0.15) is 11.9 Å². The molecule has 6 atom stereocenters. The van der Waals surface area contributed by atoms with Crippen molar-refractivity contribution in [1.82, 2.24) is 0 Å². The first-order chi connectivity index (χ1) is 15.9. The van der Waals surface area contributed by atoms with Crippen LogP contribution < -0.4 is 4.43 Å². The number of hydrogen-bond acceptors (Lipinski definition) is 1. The lowest BCUT2D eigenvalue weighted by Gasteiger charge is -2.54. The summed E-state index contributed by atoms with van der Waals surface area (Å²) in [6, 6.07) is 6.62. The van der Waals surface area contributed by atoms with E-state index in [2.05, 4.69) is 65.6 Å². The molecule has 0 heterocycles. The topological polar surface area (TPSA) is 9.23 Å². The lowest BCUT2D eigenvalue weighted by molar-refractivity contribution is -0.0120. The molecule has 0 aliphatic heterocycles. The summed E-state index contributed by atoms with van der Waals surface area (Å²) < 4.78 is 22.8. The van der Waals surface area contributed by atoms with Gasteiger partial charge in [-0.15, -0.1) is 11.6 Å². The minimum Gasteiger partial charge on any atom is -0.543 e. The Balaban J connectivity index is 1.68. The van der Waals surface area contributed by atoms with Crippen molar-refractivity contribution in [2.45, 2.75) is 109 Å². The first kappa shape index (κ1) is 26.3. The molecule has 0 N–H and O–H groups in total. The average molecular weight is 505 g/mol. The van der Waals surface area contributed by atoms with E-state index in [1.54, 1.807) is 0 Å². The van der Waals surface area contributed by atoms with Gasteiger partial charge in [-0.25, -0.2) is 4.39 Å². The molecule has 0 aromatic heterocycles. The molecule has 0 bridgehead atoms. The molecule has 0 radical (unpaired) electrons. The second-order valence-electron chi connectivity index (χ2n) is 13.2. The highest BCUT2D eigenvalue weighted by molar-refractivity contribution is 6.74. The van der Waals surface area contributed by atoms with Crippen LogP contribution in [0.2, 0.25) is 18.1 Å². The number of unbranched alkanes of at least 4 members (excludes halogenated alkanes) is 2. The average Bonchev–Trinajstić information content (AvgIpc) is 3.03. The van der Waals surface area contributed by atoms with Gasteiger partial charge in [0.25, 0.3) is 0 Å². The molecule has 0 saturated heterocycles. The molecule has 190 valence electrons. The Morgan fingerprint density at radius 3 is 2.62 bits per heavy atom. The fraction of sp³-hybridized carbons (Fsp3) is 0.733. The standard InChI is InChI=1S/C30H46ClFOSi/c1-20-12-15-25-27-21(11-9-8-10-16-31)17-22-18-23(33-34(6,7)29(2,3)4)13-14-24(22)28(27)26(32)19-30(20,25)5/h13-14,18,21,25-28H,1,8-12,15-17,19H2,2-7H3/t21-,25+,26?,27+,28+,30-/m1/s1. The number of hydrogen-bond donors (Lipinski definition) is 0.